The van der Waals surface area contributed by atoms with Crippen LogP contribution in [-0.4, -0.2) is 29.2 Å². The molecular formula is C11H12O3. The molecule has 1 heterocycles. The highest BCUT2D eigenvalue weighted by atomic mass is 16.6. The van der Waals surface area contributed by atoms with E-state index in [4.69, 9.17) is 4.74 Å². The van der Waals surface area contributed by atoms with Crippen molar-refractivity contribution in [1.29, 1.82) is 0 Å². The summed E-state index contributed by atoms with van der Waals surface area (Å²) >= 11 is 0. The molecule has 0 amide bonds. The summed E-state index contributed by atoms with van der Waals surface area (Å²) in [5.74, 6) is -0.0449. The maximum atomic E-state index is 11.7. The van der Waals surface area contributed by atoms with Crippen LogP contribution in [0.3, 0.4) is 0 Å². The monoisotopic (exact) mass is 192 g/mol. The Morgan fingerprint density at radius 2 is 2.07 bits per heavy atom. The molecule has 0 bridgehead atoms. The van der Waals surface area contributed by atoms with Crippen LogP contribution >= 0.6 is 0 Å². The van der Waals surface area contributed by atoms with Gasteiger partial charge in [-0.2, -0.15) is 0 Å². The molecule has 0 unspecified atom stereocenters. The molecule has 1 aliphatic heterocycles. The minimum absolute atomic E-state index is 0.0449. The zero-order valence-corrected chi connectivity index (χ0v) is 7.88. The van der Waals surface area contributed by atoms with Crippen LogP contribution in [0.2, 0.25) is 0 Å². The minimum atomic E-state index is -0.576. The lowest BCUT2D eigenvalue weighted by Crippen LogP contribution is -2.17. The van der Waals surface area contributed by atoms with Gasteiger partial charge >= 0.3 is 0 Å². The number of Topliss-reactive ketones (excluding diaryl/α,β-unsaturated/α-hetero) is 1. The fourth-order valence-corrected chi connectivity index (χ4v) is 1.47. The van der Waals surface area contributed by atoms with Gasteiger partial charge < -0.3 is 9.84 Å². The summed E-state index contributed by atoms with van der Waals surface area (Å²) < 4.78 is 5.10. The fraction of sp³-hybridized carbons (Fsp3) is 0.364. The first-order chi connectivity index (χ1) is 6.70. The van der Waals surface area contributed by atoms with Crippen molar-refractivity contribution in [2.75, 3.05) is 0 Å². The molecule has 74 valence electrons. The predicted molar refractivity (Wildman–Crippen MR) is 51.1 cm³/mol. The summed E-state index contributed by atoms with van der Waals surface area (Å²) in [6.07, 6.45) is -1.34. The molecular weight excluding hydrogens is 180 g/mol. The van der Waals surface area contributed by atoms with Gasteiger partial charge in [-0.15, -0.1) is 0 Å². The first-order valence-electron chi connectivity index (χ1n) is 4.63. The van der Waals surface area contributed by atoms with Crippen molar-refractivity contribution in [2.45, 2.75) is 25.2 Å². The van der Waals surface area contributed by atoms with Crippen LogP contribution in [0.5, 0.6) is 0 Å². The Bertz CT molecular complexity index is 332. The second kappa shape index (κ2) is 3.52. The number of aliphatic hydroxyl groups excluding tert-OH is 1. The lowest BCUT2D eigenvalue weighted by Gasteiger charge is -1.97. The van der Waals surface area contributed by atoms with Gasteiger partial charge in [0.05, 0.1) is 6.10 Å². The van der Waals surface area contributed by atoms with E-state index in [0.717, 1.165) is 0 Å². The molecule has 1 aliphatic rings. The Hall–Kier alpha value is -1.19. The first kappa shape index (κ1) is 9.37. The molecule has 3 atom stereocenters. The first-order valence-corrected chi connectivity index (χ1v) is 4.63. The summed E-state index contributed by atoms with van der Waals surface area (Å²) in [5, 5.41) is 9.18. The van der Waals surface area contributed by atoms with E-state index in [1.165, 1.54) is 0 Å². The van der Waals surface area contributed by atoms with Gasteiger partial charge in [0, 0.05) is 5.56 Å². The Morgan fingerprint density at radius 3 is 2.57 bits per heavy atom. The van der Waals surface area contributed by atoms with E-state index in [1.807, 2.05) is 18.2 Å². The topological polar surface area (TPSA) is 49.8 Å². The van der Waals surface area contributed by atoms with E-state index in [1.54, 1.807) is 19.1 Å². The van der Waals surface area contributed by atoms with Gasteiger partial charge in [-0.05, 0) is 6.92 Å². The molecule has 2 rings (SSSR count). The number of benzene rings is 1. The van der Waals surface area contributed by atoms with Gasteiger partial charge in [0.25, 0.3) is 0 Å². The molecule has 0 spiro atoms. The summed E-state index contributed by atoms with van der Waals surface area (Å²) in [4.78, 5) is 11.7. The standard InChI is InChI=1S/C11H12O3/c1-7(12)10-11(14-10)9(13)8-5-3-2-4-6-8/h2-7,10-12H,1H3/t7-,10+,11-/m1/s1. The molecule has 0 aliphatic carbocycles. The van der Waals surface area contributed by atoms with Crippen LogP contribution in [0, 0.1) is 0 Å². The maximum absolute atomic E-state index is 11.7. The third kappa shape index (κ3) is 1.69. The minimum Gasteiger partial charge on any atom is -0.391 e. The highest BCUT2D eigenvalue weighted by Crippen LogP contribution is 2.28. The molecule has 3 nitrogen and oxygen atoms in total. The molecule has 14 heavy (non-hydrogen) atoms. The molecule has 1 fully saturated rings. The van der Waals surface area contributed by atoms with Crippen LogP contribution in [0.4, 0.5) is 0 Å². The average molecular weight is 192 g/mol. The van der Waals surface area contributed by atoms with Crippen LogP contribution in [0.15, 0.2) is 30.3 Å². The quantitative estimate of drug-likeness (QED) is 0.574. The second-order valence-electron chi connectivity index (χ2n) is 3.49. The number of aliphatic hydroxyl groups is 1. The highest BCUT2D eigenvalue weighted by molar-refractivity contribution is 6.01. The predicted octanol–water partition coefficient (Wildman–Crippen LogP) is 1.02. The van der Waals surface area contributed by atoms with Crippen LogP contribution in [0.1, 0.15) is 17.3 Å². The van der Waals surface area contributed by atoms with Gasteiger partial charge in [-0.1, -0.05) is 30.3 Å². The Kier molecular flexibility index (Phi) is 2.35. The summed E-state index contributed by atoms with van der Waals surface area (Å²) in [6.45, 7) is 1.63. The molecule has 1 saturated heterocycles. The summed E-state index contributed by atoms with van der Waals surface area (Å²) in [7, 11) is 0. The van der Waals surface area contributed by atoms with Crippen LogP contribution < -0.4 is 0 Å². The van der Waals surface area contributed by atoms with E-state index in [0.29, 0.717) is 5.56 Å². The van der Waals surface area contributed by atoms with Crippen molar-refractivity contribution in [3.8, 4) is 0 Å². The SMILES string of the molecule is C[C@@H](O)[C@@H]1O[C@@H]1C(=O)c1ccccc1. The van der Waals surface area contributed by atoms with E-state index in [9.17, 15) is 9.90 Å². The van der Waals surface area contributed by atoms with Crippen molar-refractivity contribution in [3.63, 3.8) is 0 Å². The van der Waals surface area contributed by atoms with Crippen molar-refractivity contribution in [1.82, 2.24) is 0 Å². The smallest absolute Gasteiger partial charge is 0.194 e. The molecule has 1 aromatic rings. The zero-order chi connectivity index (χ0) is 10.1. The molecule has 0 radical (unpaired) electrons. The van der Waals surface area contributed by atoms with E-state index in [-0.39, 0.29) is 11.9 Å². The van der Waals surface area contributed by atoms with Gasteiger partial charge in [-0.25, -0.2) is 0 Å². The average Bonchev–Trinajstić information content (AvgIpc) is 2.97. The number of hydrogen-bond acceptors (Lipinski definition) is 3. The van der Waals surface area contributed by atoms with Crippen molar-refractivity contribution >= 4 is 5.78 Å². The Balaban J connectivity index is 2.05. The Morgan fingerprint density at radius 1 is 1.43 bits per heavy atom. The van der Waals surface area contributed by atoms with Crippen molar-refractivity contribution < 1.29 is 14.6 Å². The van der Waals surface area contributed by atoms with Crippen molar-refractivity contribution in [2.24, 2.45) is 0 Å². The fourth-order valence-electron chi connectivity index (χ4n) is 1.47. The molecule has 1 N–H and O–H groups in total. The lowest BCUT2D eigenvalue weighted by molar-refractivity contribution is 0.0953. The number of ether oxygens (including phenoxy) is 1. The van der Waals surface area contributed by atoms with Crippen molar-refractivity contribution in [3.05, 3.63) is 35.9 Å². The van der Waals surface area contributed by atoms with E-state index < -0.39 is 12.2 Å². The second-order valence-corrected chi connectivity index (χ2v) is 3.49. The van der Waals surface area contributed by atoms with Crippen LogP contribution in [-0.2, 0) is 4.74 Å². The number of hydrogen-bond donors (Lipinski definition) is 1. The third-order valence-electron chi connectivity index (χ3n) is 2.32. The number of rotatable bonds is 3. The largest absolute Gasteiger partial charge is 0.391 e. The van der Waals surface area contributed by atoms with Gasteiger partial charge in [0.1, 0.15) is 12.2 Å². The number of carbonyl (C=O) groups is 1. The highest BCUT2D eigenvalue weighted by Gasteiger charge is 2.47. The Labute approximate surface area is 82.3 Å². The third-order valence-corrected chi connectivity index (χ3v) is 2.32. The summed E-state index contributed by atoms with van der Waals surface area (Å²) in [5.41, 5.74) is 0.639. The van der Waals surface area contributed by atoms with E-state index >= 15 is 0 Å². The molecule has 3 heteroatoms. The van der Waals surface area contributed by atoms with E-state index in [2.05, 4.69) is 0 Å². The maximum Gasteiger partial charge on any atom is 0.194 e. The molecule has 0 aromatic heterocycles. The summed E-state index contributed by atoms with van der Waals surface area (Å²) in [6, 6.07) is 8.99. The lowest BCUT2D eigenvalue weighted by atomic mass is 10.1. The number of ketones is 1. The van der Waals surface area contributed by atoms with Crippen LogP contribution in [0.25, 0.3) is 0 Å². The number of carbonyl (C=O) groups excluding carboxylic acids is 1. The zero-order valence-electron chi connectivity index (χ0n) is 7.88. The van der Waals surface area contributed by atoms with Gasteiger partial charge in [0.15, 0.2) is 5.78 Å². The normalized spacial score (nSPS) is 27.0. The van der Waals surface area contributed by atoms with Gasteiger partial charge in [-0.3, -0.25) is 4.79 Å². The van der Waals surface area contributed by atoms with Gasteiger partial charge in [0.2, 0.25) is 0 Å². The molecule has 1 aromatic carbocycles. The molecule has 0 saturated carbocycles. The number of epoxide rings is 1.